The maximum absolute atomic E-state index is 13.5. The number of ether oxygens (including phenoxy) is 2. The molecule has 0 fully saturated rings. The van der Waals surface area contributed by atoms with Crippen molar-refractivity contribution in [1.82, 2.24) is 0 Å². The van der Waals surface area contributed by atoms with Gasteiger partial charge in [0.05, 0.1) is 11.4 Å². The van der Waals surface area contributed by atoms with Crippen LogP contribution in [-0.4, -0.2) is 36.5 Å². The van der Waals surface area contributed by atoms with Gasteiger partial charge in [0.25, 0.3) is 0 Å². The second-order valence-corrected chi connectivity index (χ2v) is 6.45. The van der Waals surface area contributed by atoms with E-state index in [2.05, 4.69) is 21.5 Å². The third kappa shape index (κ3) is 5.85. The van der Waals surface area contributed by atoms with Gasteiger partial charge in [-0.2, -0.15) is 49.7 Å². The molecule has 0 unspecified atom stereocenters. The van der Waals surface area contributed by atoms with E-state index in [1.807, 2.05) is 0 Å². The molecule has 2 rings (SSSR count). The summed E-state index contributed by atoms with van der Waals surface area (Å²) in [6.45, 7) is 0.789. The molecule has 0 bridgehead atoms. The molecule has 0 N–H and O–H groups in total. The third-order valence-electron chi connectivity index (χ3n) is 3.97. The van der Waals surface area contributed by atoms with E-state index in [1.54, 1.807) is 0 Å². The van der Waals surface area contributed by atoms with E-state index < -0.39 is 42.3 Å². The van der Waals surface area contributed by atoms with E-state index in [1.165, 1.54) is 24.3 Å². The molecule has 0 spiro atoms. The van der Waals surface area contributed by atoms with Gasteiger partial charge in [-0.3, -0.25) is 0 Å². The number of alkyl halides is 9. The highest BCUT2D eigenvalue weighted by atomic mass is 19.4. The van der Waals surface area contributed by atoms with Crippen molar-refractivity contribution in [3.8, 4) is 11.5 Å². The van der Waals surface area contributed by atoms with Crippen LogP contribution in [0.3, 0.4) is 0 Å². The summed E-state index contributed by atoms with van der Waals surface area (Å²) < 4.78 is 125. The molecule has 184 valence electrons. The predicted octanol–water partition coefficient (Wildman–Crippen LogP) is 7.04. The van der Waals surface area contributed by atoms with Gasteiger partial charge >= 0.3 is 29.9 Å². The Hall–Kier alpha value is -3.58. The highest BCUT2D eigenvalue weighted by Gasteiger charge is 2.81. The van der Waals surface area contributed by atoms with Crippen molar-refractivity contribution in [1.29, 1.82) is 0 Å². The molecule has 0 saturated carbocycles. The smallest absolute Gasteiger partial charge is 0.460 e. The Labute approximate surface area is 185 Å². The number of azo groups is 1. The van der Waals surface area contributed by atoms with Crippen LogP contribution in [0.1, 0.15) is 0 Å². The summed E-state index contributed by atoms with van der Waals surface area (Å²) >= 11 is 0. The van der Waals surface area contributed by atoms with E-state index >= 15 is 0 Å². The number of hydrogen-bond acceptors (Lipinski definition) is 5. The minimum Gasteiger partial charge on any atom is -0.487 e. The number of carbonyl (C=O) groups is 1. The quantitative estimate of drug-likeness (QED) is 0.122. The van der Waals surface area contributed by atoms with Gasteiger partial charge in [0, 0.05) is 6.08 Å². The number of halogens is 9. The van der Waals surface area contributed by atoms with E-state index in [0.717, 1.165) is 30.3 Å². The fraction of sp³-hybridized carbons (Fsp3) is 0.250. The van der Waals surface area contributed by atoms with Crippen molar-refractivity contribution in [3.63, 3.8) is 0 Å². The predicted molar refractivity (Wildman–Crippen MR) is 99.3 cm³/mol. The highest BCUT2D eigenvalue weighted by molar-refractivity contribution is 5.83. The molecule has 34 heavy (non-hydrogen) atoms. The van der Waals surface area contributed by atoms with Gasteiger partial charge in [-0.15, -0.1) is 0 Å². The molecular formula is C20H13F9N2O3. The number of hydrogen-bond donors (Lipinski definition) is 0. The van der Waals surface area contributed by atoms with Gasteiger partial charge in [0.1, 0.15) is 11.5 Å². The Balaban J connectivity index is 2.02. The van der Waals surface area contributed by atoms with Crippen LogP contribution < -0.4 is 9.47 Å². The minimum atomic E-state index is -6.98. The normalized spacial score (nSPS) is 13.1. The molecule has 0 aliphatic carbocycles. The van der Waals surface area contributed by atoms with Crippen LogP contribution in [-0.2, 0) is 4.79 Å². The summed E-state index contributed by atoms with van der Waals surface area (Å²) in [5.74, 6) is -20.6. The van der Waals surface area contributed by atoms with Crippen LogP contribution in [0.5, 0.6) is 11.5 Å². The van der Waals surface area contributed by atoms with Crippen molar-refractivity contribution in [2.45, 2.75) is 23.9 Å². The Bertz CT molecular complexity index is 1030. The Morgan fingerprint density at radius 1 is 0.765 bits per heavy atom. The molecule has 0 saturated heterocycles. The number of carbonyl (C=O) groups excluding carboxylic acids is 1. The van der Waals surface area contributed by atoms with Gasteiger partial charge in [-0.05, 0) is 48.5 Å². The molecule has 0 aliphatic heterocycles. The zero-order chi connectivity index (χ0) is 25.8. The Kier molecular flexibility index (Phi) is 7.63. The molecule has 5 nitrogen and oxygen atoms in total. The van der Waals surface area contributed by atoms with Crippen molar-refractivity contribution < 1.29 is 53.8 Å². The molecule has 0 heterocycles. The highest BCUT2D eigenvalue weighted by Crippen LogP contribution is 2.53. The molecule has 0 amide bonds. The summed E-state index contributed by atoms with van der Waals surface area (Å²) in [6, 6.07) is 9.80. The number of rotatable bonds is 9. The van der Waals surface area contributed by atoms with Gasteiger partial charge < -0.3 is 9.47 Å². The van der Waals surface area contributed by atoms with Crippen molar-refractivity contribution in [2.75, 3.05) is 6.61 Å². The van der Waals surface area contributed by atoms with Gasteiger partial charge in [0.2, 0.25) is 0 Å². The SMILES string of the molecule is C=CC(=O)Oc1ccc(/N=N/c2ccc(OCC(F)(F)C(F)(F)C(F)(F)C(F)(F)F)cc2)cc1. The van der Waals surface area contributed by atoms with Gasteiger partial charge in [-0.1, -0.05) is 6.58 Å². The monoisotopic (exact) mass is 500 g/mol. The lowest BCUT2D eigenvalue weighted by molar-refractivity contribution is -0.398. The summed E-state index contributed by atoms with van der Waals surface area (Å²) in [5, 5.41) is 7.61. The molecule has 0 aromatic heterocycles. The van der Waals surface area contributed by atoms with Crippen LogP contribution in [0.25, 0.3) is 0 Å². The van der Waals surface area contributed by atoms with Crippen LogP contribution in [0, 0.1) is 0 Å². The average molecular weight is 500 g/mol. The van der Waals surface area contributed by atoms with Gasteiger partial charge in [-0.25, -0.2) is 4.79 Å². The van der Waals surface area contributed by atoms with Crippen LogP contribution in [0.15, 0.2) is 71.4 Å². The summed E-state index contributed by atoms with van der Waals surface area (Å²) in [4.78, 5) is 11.1. The number of nitrogens with zero attached hydrogens (tertiary/aromatic N) is 2. The van der Waals surface area contributed by atoms with E-state index in [4.69, 9.17) is 4.74 Å². The maximum atomic E-state index is 13.5. The third-order valence-corrected chi connectivity index (χ3v) is 3.97. The van der Waals surface area contributed by atoms with Crippen molar-refractivity contribution >= 4 is 17.3 Å². The molecule has 0 aliphatic rings. The fourth-order valence-electron chi connectivity index (χ4n) is 2.14. The Morgan fingerprint density at radius 3 is 1.62 bits per heavy atom. The molecular weight excluding hydrogens is 487 g/mol. The van der Waals surface area contributed by atoms with Crippen LogP contribution >= 0.6 is 0 Å². The summed E-state index contributed by atoms with van der Waals surface area (Å²) in [7, 11) is 0. The van der Waals surface area contributed by atoms with Crippen LogP contribution in [0.2, 0.25) is 0 Å². The number of esters is 1. The first kappa shape index (κ1) is 26.7. The van der Waals surface area contributed by atoms with E-state index in [-0.39, 0.29) is 11.4 Å². The maximum Gasteiger partial charge on any atom is 0.460 e. The lowest BCUT2D eigenvalue weighted by Gasteiger charge is -2.33. The first-order chi connectivity index (χ1) is 15.6. The summed E-state index contributed by atoms with van der Waals surface area (Å²) in [6.07, 6.45) is -5.94. The molecule has 2 aromatic rings. The van der Waals surface area contributed by atoms with Crippen molar-refractivity contribution in [3.05, 3.63) is 61.2 Å². The topological polar surface area (TPSA) is 60.2 Å². The van der Waals surface area contributed by atoms with Crippen molar-refractivity contribution in [2.24, 2.45) is 10.2 Å². The largest absolute Gasteiger partial charge is 0.487 e. The lowest BCUT2D eigenvalue weighted by Crippen LogP contribution is -2.62. The zero-order valence-electron chi connectivity index (χ0n) is 16.6. The zero-order valence-corrected chi connectivity index (χ0v) is 16.6. The molecule has 2 aromatic carbocycles. The van der Waals surface area contributed by atoms with E-state index in [9.17, 15) is 44.3 Å². The fourth-order valence-corrected chi connectivity index (χ4v) is 2.14. The molecule has 0 atom stereocenters. The summed E-state index contributed by atoms with van der Waals surface area (Å²) in [5.41, 5.74) is 0.432. The standard InChI is InChI=1S/C20H13F9N2O3/c1-2-16(32)34-15-9-5-13(6-10-15)31-30-12-3-7-14(8-4-12)33-11-17(21,22)18(23,24)19(25,26)20(27,28)29/h2-10H,1,11H2/b31-30+. The molecule has 0 radical (unpaired) electrons. The number of benzene rings is 2. The lowest BCUT2D eigenvalue weighted by atomic mass is 10.0. The first-order valence-electron chi connectivity index (χ1n) is 8.90. The van der Waals surface area contributed by atoms with Gasteiger partial charge in [0.15, 0.2) is 6.61 Å². The van der Waals surface area contributed by atoms with E-state index in [0.29, 0.717) is 5.69 Å². The molecule has 14 heteroatoms. The van der Waals surface area contributed by atoms with Crippen LogP contribution in [0.4, 0.5) is 50.9 Å². The first-order valence-corrected chi connectivity index (χ1v) is 8.90. The second kappa shape index (κ2) is 9.73. The second-order valence-electron chi connectivity index (χ2n) is 6.45. The minimum absolute atomic E-state index is 0.121. The average Bonchev–Trinajstić information content (AvgIpc) is 2.77. The Morgan fingerprint density at radius 2 is 1.21 bits per heavy atom.